The van der Waals surface area contributed by atoms with E-state index in [9.17, 15) is 4.79 Å². The normalized spacial score (nSPS) is 16.2. The molecule has 2 rings (SSSR count). The number of amides is 1. The quantitative estimate of drug-likeness (QED) is 0.786. The number of nitrogens with zero attached hydrogens (tertiary/aromatic N) is 2. The molecule has 1 fully saturated rings. The Kier molecular flexibility index (Phi) is 4.09. The first kappa shape index (κ1) is 13.9. The first-order valence-corrected chi connectivity index (χ1v) is 6.63. The fourth-order valence-corrected chi connectivity index (χ4v) is 2.04. The van der Waals surface area contributed by atoms with Gasteiger partial charge in [-0.3, -0.25) is 4.79 Å². The van der Waals surface area contributed by atoms with Crippen LogP contribution in [0.1, 0.15) is 31.0 Å². The lowest BCUT2D eigenvalue weighted by Crippen LogP contribution is -2.42. The summed E-state index contributed by atoms with van der Waals surface area (Å²) in [4.78, 5) is 11.8. The first-order valence-electron chi connectivity index (χ1n) is 6.63. The number of rotatable bonds is 6. The maximum Gasteiger partial charge on any atom is 0.237 e. The van der Waals surface area contributed by atoms with E-state index in [0.29, 0.717) is 12.6 Å². The van der Waals surface area contributed by atoms with E-state index in [-0.39, 0.29) is 11.9 Å². The molecule has 0 bridgehead atoms. The molecule has 1 saturated carbocycles. The van der Waals surface area contributed by atoms with Gasteiger partial charge in [-0.05, 0) is 26.7 Å². The molecular weight excluding hydrogens is 244 g/mol. The highest BCUT2D eigenvalue weighted by atomic mass is 16.5. The third kappa shape index (κ3) is 3.26. The number of aryl methyl sites for hydroxylation is 2. The predicted molar refractivity (Wildman–Crippen MR) is 72.0 cm³/mol. The van der Waals surface area contributed by atoms with E-state index >= 15 is 0 Å². The fourth-order valence-electron chi connectivity index (χ4n) is 2.04. The Morgan fingerprint density at radius 2 is 2.26 bits per heavy atom. The van der Waals surface area contributed by atoms with Gasteiger partial charge in [0.05, 0.1) is 24.4 Å². The zero-order valence-electron chi connectivity index (χ0n) is 12.0. The summed E-state index contributed by atoms with van der Waals surface area (Å²) in [6, 6.07) is 0.177. The van der Waals surface area contributed by atoms with Gasteiger partial charge in [0, 0.05) is 19.6 Å². The van der Waals surface area contributed by atoms with Crippen LogP contribution < -0.4 is 15.4 Å². The highest BCUT2D eigenvalue weighted by Crippen LogP contribution is 2.21. The molecule has 6 nitrogen and oxygen atoms in total. The number of nitrogens with one attached hydrogen (secondary N) is 2. The van der Waals surface area contributed by atoms with Gasteiger partial charge in [0.25, 0.3) is 0 Å². The molecule has 106 valence electrons. The van der Waals surface area contributed by atoms with Crippen molar-refractivity contribution in [3.05, 3.63) is 11.3 Å². The molecule has 0 aliphatic heterocycles. The summed E-state index contributed by atoms with van der Waals surface area (Å²) in [5.74, 6) is 0.794. The maximum absolute atomic E-state index is 11.8. The van der Waals surface area contributed by atoms with Crippen molar-refractivity contribution >= 4 is 5.91 Å². The van der Waals surface area contributed by atoms with E-state index in [1.54, 1.807) is 11.8 Å². The van der Waals surface area contributed by atoms with Crippen LogP contribution in [0.15, 0.2) is 0 Å². The number of hydrogen-bond donors (Lipinski definition) is 2. The molecule has 1 atom stereocenters. The second kappa shape index (κ2) is 5.61. The van der Waals surface area contributed by atoms with Crippen LogP contribution >= 0.6 is 0 Å². The summed E-state index contributed by atoms with van der Waals surface area (Å²) in [6.07, 6.45) is 2.21. The second-order valence-electron chi connectivity index (χ2n) is 5.08. The van der Waals surface area contributed by atoms with Gasteiger partial charge >= 0.3 is 0 Å². The third-order valence-corrected chi connectivity index (χ3v) is 3.38. The molecule has 2 N–H and O–H groups in total. The third-order valence-electron chi connectivity index (χ3n) is 3.38. The van der Waals surface area contributed by atoms with Crippen LogP contribution in [-0.2, 0) is 18.4 Å². The molecule has 1 aliphatic rings. The zero-order valence-corrected chi connectivity index (χ0v) is 12.0. The number of carbonyl (C=O) groups excluding carboxylic acids is 1. The lowest BCUT2D eigenvalue weighted by Gasteiger charge is -2.14. The molecule has 1 aromatic heterocycles. The van der Waals surface area contributed by atoms with Crippen molar-refractivity contribution in [1.29, 1.82) is 0 Å². The van der Waals surface area contributed by atoms with E-state index < -0.39 is 0 Å². The number of carbonyl (C=O) groups is 1. The van der Waals surface area contributed by atoms with E-state index in [4.69, 9.17) is 4.74 Å². The molecule has 0 spiro atoms. The van der Waals surface area contributed by atoms with E-state index in [0.717, 1.165) is 30.0 Å². The van der Waals surface area contributed by atoms with Crippen LogP contribution in [0, 0.1) is 6.92 Å². The number of methoxy groups -OCH3 is 1. The highest BCUT2D eigenvalue weighted by molar-refractivity contribution is 5.81. The first-order chi connectivity index (χ1) is 9.02. The van der Waals surface area contributed by atoms with Gasteiger partial charge in [-0.1, -0.05) is 0 Å². The van der Waals surface area contributed by atoms with E-state index in [1.807, 2.05) is 20.9 Å². The summed E-state index contributed by atoms with van der Waals surface area (Å²) in [5, 5.41) is 10.5. The molecule has 1 aliphatic carbocycles. The van der Waals surface area contributed by atoms with Crippen molar-refractivity contribution in [2.45, 2.75) is 45.3 Å². The zero-order chi connectivity index (χ0) is 14.0. The van der Waals surface area contributed by atoms with Crippen LogP contribution in [-0.4, -0.2) is 34.9 Å². The summed E-state index contributed by atoms with van der Waals surface area (Å²) >= 11 is 0. The monoisotopic (exact) mass is 266 g/mol. The molecular formula is C13H22N4O2. The van der Waals surface area contributed by atoms with Gasteiger partial charge in [0.15, 0.2) is 0 Å². The number of aromatic nitrogens is 2. The van der Waals surface area contributed by atoms with Gasteiger partial charge in [-0.25, -0.2) is 4.68 Å². The minimum atomic E-state index is -0.218. The summed E-state index contributed by atoms with van der Waals surface area (Å²) in [5.41, 5.74) is 1.91. The molecule has 1 aromatic rings. The van der Waals surface area contributed by atoms with Crippen molar-refractivity contribution in [2.24, 2.45) is 7.05 Å². The largest absolute Gasteiger partial charge is 0.481 e. The Morgan fingerprint density at radius 1 is 1.58 bits per heavy atom. The van der Waals surface area contributed by atoms with Crippen molar-refractivity contribution in [2.75, 3.05) is 7.11 Å². The number of ether oxygens (including phenoxy) is 1. The lowest BCUT2D eigenvalue weighted by atomic mass is 10.2. The van der Waals surface area contributed by atoms with Crippen molar-refractivity contribution in [3.8, 4) is 5.88 Å². The Morgan fingerprint density at radius 3 is 2.84 bits per heavy atom. The molecule has 1 amide bonds. The van der Waals surface area contributed by atoms with Crippen LogP contribution in [0.2, 0.25) is 0 Å². The van der Waals surface area contributed by atoms with Gasteiger partial charge in [0.1, 0.15) is 0 Å². The Bertz CT molecular complexity index is 465. The highest BCUT2D eigenvalue weighted by Gasteiger charge is 2.25. The van der Waals surface area contributed by atoms with Gasteiger partial charge < -0.3 is 15.4 Å². The molecule has 19 heavy (non-hydrogen) atoms. The fraction of sp³-hybridized carbons (Fsp3) is 0.692. The van der Waals surface area contributed by atoms with Crippen molar-refractivity contribution in [1.82, 2.24) is 20.4 Å². The Hall–Kier alpha value is -1.56. The van der Waals surface area contributed by atoms with Crippen LogP contribution in [0.4, 0.5) is 0 Å². The summed E-state index contributed by atoms with van der Waals surface area (Å²) < 4.78 is 7.03. The molecule has 0 aromatic carbocycles. The molecule has 1 unspecified atom stereocenters. The van der Waals surface area contributed by atoms with E-state index in [2.05, 4.69) is 15.7 Å². The molecule has 1 heterocycles. The van der Waals surface area contributed by atoms with Gasteiger partial charge in [0.2, 0.25) is 11.8 Å². The van der Waals surface area contributed by atoms with Crippen LogP contribution in [0.25, 0.3) is 0 Å². The smallest absolute Gasteiger partial charge is 0.237 e. The standard InChI is InChI=1S/C13H22N4O2/c1-8-11(13(19-4)17(3)16-8)7-14-9(2)12(18)15-10-5-6-10/h9-10,14H,5-7H2,1-4H3,(H,15,18). The van der Waals surface area contributed by atoms with Crippen molar-refractivity contribution < 1.29 is 9.53 Å². The second-order valence-corrected chi connectivity index (χ2v) is 5.08. The number of hydrogen-bond acceptors (Lipinski definition) is 4. The Balaban J connectivity index is 1.92. The SMILES string of the molecule is COc1c(CNC(C)C(=O)NC2CC2)c(C)nn1C. The maximum atomic E-state index is 11.8. The average molecular weight is 266 g/mol. The molecule has 0 radical (unpaired) electrons. The van der Waals surface area contributed by atoms with Crippen LogP contribution in [0.5, 0.6) is 5.88 Å². The minimum Gasteiger partial charge on any atom is -0.481 e. The topological polar surface area (TPSA) is 68.2 Å². The average Bonchev–Trinajstić information content (AvgIpc) is 3.12. The Labute approximate surface area is 113 Å². The van der Waals surface area contributed by atoms with Gasteiger partial charge in [-0.2, -0.15) is 5.10 Å². The van der Waals surface area contributed by atoms with Gasteiger partial charge in [-0.15, -0.1) is 0 Å². The molecule has 6 heteroatoms. The lowest BCUT2D eigenvalue weighted by molar-refractivity contribution is -0.122. The summed E-state index contributed by atoms with van der Waals surface area (Å²) in [6.45, 7) is 4.38. The minimum absolute atomic E-state index is 0.0583. The van der Waals surface area contributed by atoms with Crippen LogP contribution in [0.3, 0.4) is 0 Å². The molecule has 0 saturated heterocycles. The summed E-state index contributed by atoms with van der Waals surface area (Å²) in [7, 11) is 3.47. The van der Waals surface area contributed by atoms with E-state index in [1.165, 1.54) is 0 Å². The predicted octanol–water partition coefficient (Wildman–Crippen LogP) is 0.494. The van der Waals surface area contributed by atoms with Crippen molar-refractivity contribution in [3.63, 3.8) is 0 Å².